The van der Waals surface area contributed by atoms with Gasteiger partial charge in [-0.15, -0.1) is 11.1 Å². The fourth-order valence-electron chi connectivity index (χ4n) is 3.96. The molecule has 0 amide bonds. The molecule has 1 aromatic carbocycles. The summed E-state index contributed by atoms with van der Waals surface area (Å²) in [6.45, 7) is 13.5. The van der Waals surface area contributed by atoms with Crippen molar-refractivity contribution >= 4 is 21.9 Å². The first-order chi connectivity index (χ1) is 12.0. The Labute approximate surface area is 161 Å². The largest absolute Gasteiger partial charge is 0.293 e. The second-order valence-corrected chi connectivity index (χ2v) is 19.5. The van der Waals surface area contributed by atoms with E-state index in [9.17, 15) is 4.79 Å². The van der Waals surface area contributed by atoms with E-state index in [1.807, 2.05) is 6.07 Å². The fraction of sp³-hybridized carbons (Fsp3) is 0.522. The minimum atomic E-state index is -1.48. The Hall–Kier alpha value is -1.56. The SMILES string of the molecule is C[Si](C)(C)C#Cc1ccc(C#C[Si](C)(C)C)c2c1CC1(CCCC1)C2=O. The molecule has 0 aliphatic heterocycles. The monoisotopic (exact) mass is 378 g/mol. The van der Waals surface area contributed by atoms with Gasteiger partial charge >= 0.3 is 0 Å². The first kappa shape index (κ1) is 19.2. The van der Waals surface area contributed by atoms with Gasteiger partial charge in [-0.1, -0.05) is 64.0 Å². The molecule has 3 heteroatoms. The van der Waals surface area contributed by atoms with Gasteiger partial charge in [0, 0.05) is 22.1 Å². The third kappa shape index (κ3) is 3.90. The zero-order valence-electron chi connectivity index (χ0n) is 17.1. The van der Waals surface area contributed by atoms with Crippen LogP contribution in [-0.2, 0) is 6.42 Å². The summed E-state index contributed by atoms with van der Waals surface area (Å²) in [5.41, 5.74) is 10.9. The van der Waals surface area contributed by atoms with Gasteiger partial charge in [0.2, 0.25) is 0 Å². The molecule has 1 saturated carbocycles. The lowest BCUT2D eigenvalue weighted by atomic mass is 9.82. The zero-order valence-corrected chi connectivity index (χ0v) is 19.1. The van der Waals surface area contributed by atoms with E-state index >= 15 is 0 Å². The molecule has 1 nitrogen and oxygen atoms in total. The van der Waals surface area contributed by atoms with Crippen molar-refractivity contribution in [1.82, 2.24) is 0 Å². The van der Waals surface area contributed by atoms with Crippen LogP contribution in [0.4, 0.5) is 0 Å². The van der Waals surface area contributed by atoms with Crippen LogP contribution >= 0.6 is 0 Å². The summed E-state index contributed by atoms with van der Waals surface area (Å²) in [7, 11) is -2.93. The maximum absolute atomic E-state index is 13.4. The summed E-state index contributed by atoms with van der Waals surface area (Å²) in [5, 5.41) is 0. The van der Waals surface area contributed by atoms with E-state index < -0.39 is 16.1 Å². The Kier molecular flexibility index (Phi) is 4.84. The average molecular weight is 379 g/mol. The molecule has 0 bridgehead atoms. The molecule has 3 rings (SSSR count). The quantitative estimate of drug-likeness (QED) is 0.434. The van der Waals surface area contributed by atoms with Crippen molar-refractivity contribution in [1.29, 1.82) is 0 Å². The first-order valence-electron chi connectivity index (χ1n) is 9.78. The average Bonchev–Trinajstić information content (AvgIpc) is 3.09. The maximum atomic E-state index is 13.4. The number of Topliss-reactive ketones (excluding diaryl/α,β-unsaturated/α-hetero) is 1. The summed E-state index contributed by atoms with van der Waals surface area (Å²) in [4.78, 5) is 13.4. The van der Waals surface area contributed by atoms with Crippen molar-refractivity contribution in [3.05, 3.63) is 34.4 Å². The van der Waals surface area contributed by atoms with Crippen LogP contribution in [0.2, 0.25) is 39.3 Å². The molecule has 1 spiro atoms. The van der Waals surface area contributed by atoms with Gasteiger partial charge in [0.1, 0.15) is 16.1 Å². The number of carbonyl (C=O) groups excluding carboxylic acids is 1. The number of carbonyl (C=O) groups is 1. The van der Waals surface area contributed by atoms with Crippen molar-refractivity contribution in [2.45, 2.75) is 71.4 Å². The lowest BCUT2D eigenvalue weighted by Gasteiger charge is -2.19. The summed E-state index contributed by atoms with van der Waals surface area (Å²) in [6.07, 6.45) is 5.28. The van der Waals surface area contributed by atoms with E-state index in [-0.39, 0.29) is 5.41 Å². The smallest absolute Gasteiger partial charge is 0.170 e. The van der Waals surface area contributed by atoms with Crippen LogP contribution in [-0.4, -0.2) is 21.9 Å². The molecule has 26 heavy (non-hydrogen) atoms. The zero-order chi connectivity index (χ0) is 19.2. The molecule has 0 heterocycles. The highest BCUT2D eigenvalue weighted by Crippen LogP contribution is 2.50. The Morgan fingerprint density at radius 2 is 1.35 bits per heavy atom. The second kappa shape index (κ2) is 6.56. The van der Waals surface area contributed by atoms with Gasteiger partial charge in [0.05, 0.1) is 0 Å². The molecule has 136 valence electrons. The highest BCUT2D eigenvalue weighted by Gasteiger charge is 2.48. The van der Waals surface area contributed by atoms with E-state index in [0.29, 0.717) is 5.78 Å². The fourth-order valence-corrected chi connectivity index (χ4v) is 4.98. The van der Waals surface area contributed by atoms with Crippen molar-refractivity contribution in [3.8, 4) is 22.9 Å². The van der Waals surface area contributed by atoms with Crippen molar-refractivity contribution in [2.24, 2.45) is 5.41 Å². The van der Waals surface area contributed by atoms with Gasteiger partial charge in [-0.2, -0.15) is 0 Å². The van der Waals surface area contributed by atoms with Gasteiger partial charge in [0.15, 0.2) is 5.78 Å². The van der Waals surface area contributed by atoms with Gasteiger partial charge in [-0.3, -0.25) is 4.79 Å². The van der Waals surface area contributed by atoms with E-state index in [0.717, 1.165) is 36.0 Å². The highest BCUT2D eigenvalue weighted by atomic mass is 28.3. The molecule has 2 aliphatic rings. The molecule has 0 aromatic heterocycles. The molecular weight excluding hydrogens is 348 g/mol. The Morgan fingerprint density at radius 1 is 0.846 bits per heavy atom. The third-order valence-corrected chi connectivity index (χ3v) is 6.99. The van der Waals surface area contributed by atoms with Crippen LogP contribution in [0.15, 0.2) is 12.1 Å². The van der Waals surface area contributed by atoms with Gasteiger partial charge in [-0.25, -0.2) is 0 Å². The normalized spacial score (nSPS) is 18.2. The maximum Gasteiger partial charge on any atom is 0.170 e. The number of rotatable bonds is 0. The Balaban J connectivity index is 2.15. The summed E-state index contributed by atoms with van der Waals surface area (Å²) >= 11 is 0. The van der Waals surface area contributed by atoms with E-state index in [1.54, 1.807) is 0 Å². The molecule has 0 atom stereocenters. The highest BCUT2D eigenvalue weighted by molar-refractivity contribution is 6.84. The van der Waals surface area contributed by atoms with Gasteiger partial charge in [0.25, 0.3) is 0 Å². The molecule has 0 N–H and O–H groups in total. The summed E-state index contributed by atoms with van der Waals surface area (Å²) < 4.78 is 0. The lowest BCUT2D eigenvalue weighted by Crippen LogP contribution is -2.24. The van der Waals surface area contributed by atoms with Crippen LogP contribution < -0.4 is 0 Å². The molecule has 0 radical (unpaired) electrons. The summed E-state index contributed by atoms with van der Waals surface area (Å²) in [6, 6.07) is 4.16. The van der Waals surface area contributed by atoms with E-state index in [4.69, 9.17) is 0 Å². The minimum Gasteiger partial charge on any atom is -0.293 e. The topological polar surface area (TPSA) is 17.1 Å². The first-order valence-corrected chi connectivity index (χ1v) is 16.8. The van der Waals surface area contributed by atoms with Crippen LogP contribution in [0.25, 0.3) is 0 Å². The lowest BCUT2D eigenvalue weighted by molar-refractivity contribution is 0.0827. The number of ketones is 1. The molecule has 1 fully saturated rings. The van der Waals surface area contributed by atoms with Gasteiger partial charge in [-0.05, 0) is 37.0 Å². The predicted molar refractivity (Wildman–Crippen MR) is 116 cm³/mol. The number of benzene rings is 1. The molecule has 1 aromatic rings. The van der Waals surface area contributed by atoms with Crippen LogP contribution in [0.1, 0.15) is 52.7 Å². The van der Waals surface area contributed by atoms with Crippen LogP contribution in [0.3, 0.4) is 0 Å². The van der Waals surface area contributed by atoms with Crippen LogP contribution in [0.5, 0.6) is 0 Å². The minimum absolute atomic E-state index is 0.158. The second-order valence-electron chi connectivity index (χ2n) is 10.0. The number of hydrogen-bond donors (Lipinski definition) is 0. The Bertz CT molecular complexity index is 867. The van der Waals surface area contributed by atoms with E-state index in [2.05, 4.69) is 68.3 Å². The molecule has 2 aliphatic carbocycles. The number of hydrogen-bond acceptors (Lipinski definition) is 1. The van der Waals surface area contributed by atoms with E-state index in [1.165, 1.54) is 18.4 Å². The standard InChI is InChI=1S/C23H30OSi2/c1-25(2,3)15-11-18-9-10-19(12-16-26(4,5)6)21-20(18)17-23(22(21)24)13-7-8-14-23/h9-10H,7-8,13-14,17H2,1-6H3. The summed E-state index contributed by atoms with van der Waals surface area (Å²) in [5.74, 6) is 7.15. The number of fused-ring (bicyclic) bond motifs is 1. The van der Waals surface area contributed by atoms with Crippen molar-refractivity contribution in [3.63, 3.8) is 0 Å². The molecular formula is C23H30OSi2. The van der Waals surface area contributed by atoms with Crippen molar-refractivity contribution < 1.29 is 4.79 Å². The molecule has 0 unspecified atom stereocenters. The third-order valence-electron chi connectivity index (χ3n) is 5.24. The van der Waals surface area contributed by atoms with Gasteiger partial charge < -0.3 is 0 Å². The Morgan fingerprint density at radius 3 is 1.88 bits per heavy atom. The van der Waals surface area contributed by atoms with Crippen molar-refractivity contribution in [2.75, 3.05) is 0 Å². The molecule has 0 saturated heterocycles. The van der Waals surface area contributed by atoms with Crippen LogP contribution in [0, 0.1) is 28.3 Å². The predicted octanol–water partition coefficient (Wildman–Crippen LogP) is 5.44.